The van der Waals surface area contributed by atoms with Gasteiger partial charge in [0.2, 0.25) is 0 Å². The van der Waals surface area contributed by atoms with Gasteiger partial charge in [-0.05, 0) is 46.8 Å². The van der Waals surface area contributed by atoms with Gasteiger partial charge in [-0.2, -0.15) is 0 Å². The predicted octanol–water partition coefficient (Wildman–Crippen LogP) is 13.7. The third-order valence-corrected chi connectivity index (χ3v) is 14.5. The molecule has 0 aliphatic rings. The van der Waals surface area contributed by atoms with Crippen molar-refractivity contribution in [2.75, 3.05) is 0 Å². The summed E-state index contributed by atoms with van der Waals surface area (Å²) >= 11 is -1.91. The molecule has 1 radical (unpaired) electrons. The summed E-state index contributed by atoms with van der Waals surface area (Å²) in [6.45, 7) is 7.05. The molecule has 0 spiro atoms. The minimum absolute atomic E-state index is 0. The summed E-state index contributed by atoms with van der Waals surface area (Å²) in [7, 11) is 0. The molecule has 5 aromatic carbocycles. The largest absolute Gasteiger partial charge is 0.501 e. The zero-order valence-electron chi connectivity index (χ0n) is 38.3. The molecule has 0 bridgehead atoms. The quantitative estimate of drug-likeness (QED) is 0.118. The maximum absolute atomic E-state index is 8.54. The standard InChI is InChI=1S/C27H22NO.C24H28GeN.Ir/c1-17(2)24-15-25(28-16-18(24)3)23-11-7-10-22-21-13-12-20(14-26(21)29-27(22)23)19-8-5-4-6-9-19;1-17(2)21-13-12-20(15-22(21)19-10-8-7-9-11-19)24-14-18(3)23(16-26-24)25(4,5)6;/h4-10,12-17H,1-3H3;7-11,13-17H,1-6H3;/q2*-1;/i3D3,17D;17D;. The van der Waals surface area contributed by atoms with Crippen LogP contribution >= 0.6 is 0 Å². The average molecular weight is 977 g/mol. The van der Waals surface area contributed by atoms with Gasteiger partial charge in [0.1, 0.15) is 5.58 Å². The molecule has 0 N–H and O–H groups in total. The van der Waals surface area contributed by atoms with Gasteiger partial charge in [-0.3, -0.25) is 0 Å². The molecule has 3 heterocycles. The van der Waals surface area contributed by atoms with E-state index in [1.807, 2.05) is 74.5 Å². The van der Waals surface area contributed by atoms with Crippen LogP contribution in [0.4, 0.5) is 0 Å². The SMILES string of the molecule is [2H]C(C)(C)c1c[c-]c(-c2cc(C)[c]([Ge]([CH3])([CH3])[CH3])cn2)cc1-c1ccccc1.[2H]C([2H])([2H])c1cnc(-c2[c-]ccc3c2oc2cc(-c4ccccc4)ccc23)cc1C([2H])(C)C.[Ir]. The molecule has 8 rings (SSSR count). The van der Waals surface area contributed by atoms with Crippen molar-refractivity contribution in [1.29, 1.82) is 0 Å². The molecule has 8 aromatic rings. The Bertz CT molecular complexity index is 2820. The molecule has 0 unspecified atom stereocenters. The topological polar surface area (TPSA) is 38.9 Å². The van der Waals surface area contributed by atoms with E-state index < -0.39 is 31.9 Å². The van der Waals surface area contributed by atoms with Gasteiger partial charge in [0.05, 0.1) is 5.58 Å². The van der Waals surface area contributed by atoms with Crippen LogP contribution in [0.2, 0.25) is 17.3 Å². The van der Waals surface area contributed by atoms with Crippen LogP contribution in [0.25, 0.3) is 66.7 Å². The average Bonchev–Trinajstić information content (AvgIpc) is 3.58. The minimum Gasteiger partial charge on any atom is -0.501 e. The fourth-order valence-corrected chi connectivity index (χ4v) is 10.7. The summed E-state index contributed by atoms with van der Waals surface area (Å²) < 4.78 is 48.3. The molecule has 0 saturated carbocycles. The second-order valence-electron chi connectivity index (χ2n) is 15.6. The molecule has 3 aromatic heterocycles. The van der Waals surface area contributed by atoms with Crippen molar-refractivity contribution < 1.29 is 31.4 Å². The second kappa shape index (κ2) is 17.3. The molecule has 56 heavy (non-hydrogen) atoms. The van der Waals surface area contributed by atoms with Crippen LogP contribution in [0.15, 0.2) is 132 Å². The Morgan fingerprint density at radius 1 is 0.679 bits per heavy atom. The van der Waals surface area contributed by atoms with Gasteiger partial charge >= 0.3 is 162 Å². The van der Waals surface area contributed by atoms with Crippen LogP contribution in [0.3, 0.4) is 0 Å². The van der Waals surface area contributed by atoms with E-state index in [0.29, 0.717) is 22.4 Å². The van der Waals surface area contributed by atoms with E-state index in [1.165, 1.54) is 16.2 Å². The van der Waals surface area contributed by atoms with Gasteiger partial charge in [0, 0.05) is 37.2 Å². The first-order valence-corrected chi connectivity index (χ1v) is 26.1. The third kappa shape index (κ3) is 8.69. The molecule has 285 valence electrons. The summed E-state index contributed by atoms with van der Waals surface area (Å²) in [5, 5.41) is 1.92. The number of rotatable bonds is 7. The molecule has 5 heteroatoms. The summed E-state index contributed by atoms with van der Waals surface area (Å²) in [5.41, 5.74) is 11.7. The number of hydrogen-bond acceptors (Lipinski definition) is 3. The van der Waals surface area contributed by atoms with Crippen LogP contribution < -0.4 is 4.40 Å². The van der Waals surface area contributed by atoms with Gasteiger partial charge in [-0.25, -0.2) is 0 Å². The van der Waals surface area contributed by atoms with E-state index in [1.54, 1.807) is 19.9 Å². The molecule has 0 saturated heterocycles. The first-order valence-electron chi connectivity index (χ1n) is 21.2. The Kier molecular flexibility index (Phi) is 10.7. The van der Waals surface area contributed by atoms with Crippen LogP contribution in [0.1, 0.15) is 68.6 Å². The Balaban J connectivity index is 0.000000205. The van der Waals surface area contributed by atoms with Gasteiger partial charge in [-0.15, -0.1) is 18.2 Å². The summed E-state index contributed by atoms with van der Waals surface area (Å²) in [5.74, 6) is 5.40. The van der Waals surface area contributed by atoms with E-state index in [4.69, 9.17) is 16.3 Å². The summed E-state index contributed by atoms with van der Waals surface area (Å²) in [4.78, 5) is 9.21. The maximum atomic E-state index is 8.54. The first kappa shape index (κ1) is 34.6. The van der Waals surface area contributed by atoms with Crippen molar-refractivity contribution in [2.24, 2.45) is 0 Å². The zero-order chi connectivity index (χ0) is 43.2. The fraction of sp³-hybridized carbons (Fsp3) is 0.216. The Morgan fingerprint density at radius 2 is 1.36 bits per heavy atom. The number of benzene rings is 5. The maximum Gasteiger partial charge on any atom is 0.121 e. The van der Waals surface area contributed by atoms with Crippen LogP contribution in [0.5, 0.6) is 0 Å². The third-order valence-electron chi connectivity index (χ3n) is 10.0. The van der Waals surface area contributed by atoms with E-state index in [-0.39, 0.29) is 25.7 Å². The number of aromatic nitrogens is 2. The number of furan rings is 1. The van der Waals surface area contributed by atoms with E-state index in [0.717, 1.165) is 55.4 Å². The van der Waals surface area contributed by atoms with Gasteiger partial charge < -0.3 is 9.40 Å². The monoisotopic (exact) mass is 978 g/mol. The Hall–Kier alpha value is -4.61. The second-order valence-corrected chi connectivity index (χ2v) is 26.1. The Labute approximate surface area is 356 Å². The number of pyridine rings is 2. The molecule has 0 fully saturated rings. The molecule has 3 nitrogen and oxygen atoms in total. The van der Waals surface area contributed by atoms with Crippen LogP contribution in [0, 0.1) is 25.9 Å². The van der Waals surface area contributed by atoms with Crippen LogP contribution in [-0.2, 0) is 20.1 Å². The molecular weight excluding hydrogens is 921 g/mol. The molecular formula is C51H50GeIrN2O-2. The summed E-state index contributed by atoms with van der Waals surface area (Å²) in [6.07, 6.45) is 3.43. The van der Waals surface area contributed by atoms with Gasteiger partial charge in [-0.1, -0.05) is 73.3 Å². The first-order chi connectivity index (χ1) is 28.2. The number of aryl methyl sites for hydroxylation is 2. The fourth-order valence-electron chi connectivity index (χ4n) is 7.15. The smallest absolute Gasteiger partial charge is 0.121 e. The summed E-state index contributed by atoms with van der Waals surface area (Å²) in [6, 6.07) is 44.9. The van der Waals surface area contributed by atoms with Crippen LogP contribution in [-0.4, -0.2) is 23.2 Å². The molecule has 0 aliphatic heterocycles. The van der Waals surface area contributed by atoms with Crippen molar-refractivity contribution in [3.8, 4) is 44.8 Å². The molecule has 0 aliphatic carbocycles. The van der Waals surface area contributed by atoms with Crippen molar-refractivity contribution in [3.63, 3.8) is 0 Å². The number of nitrogens with zero attached hydrogens (tertiary/aromatic N) is 2. The number of hydrogen-bond donors (Lipinski definition) is 0. The normalized spacial score (nSPS) is 13.4. The van der Waals surface area contributed by atoms with Gasteiger partial charge in [0.15, 0.2) is 0 Å². The van der Waals surface area contributed by atoms with Crippen molar-refractivity contribution in [3.05, 3.63) is 162 Å². The predicted molar refractivity (Wildman–Crippen MR) is 236 cm³/mol. The van der Waals surface area contributed by atoms with E-state index in [2.05, 4.69) is 96.0 Å². The van der Waals surface area contributed by atoms with Crippen molar-refractivity contribution in [1.82, 2.24) is 9.97 Å². The van der Waals surface area contributed by atoms with Gasteiger partial charge in [0.25, 0.3) is 0 Å². The van der Waals surface area contributed by atoms with E-state index >= 15 is 0 Å². The Morgan fingerprint density at radius 3 is 2.00 bits per heavy atom. The minimum atomic E-state index is -2.35. The van der Waals surface area contributed by atoms with Crippen molar-refractivity contribution >= 4 is 39.6 Å². The van der Waals surface area contributed by atoms with E-state index in [9.17, 15) is 0 Å². The number of fused-ring (bicyclic) bond motifs is 3. The molecule has 0 atom stereocenters. The zero-order valence-corrected chi connectivity index (χ0v) is 37.8. The van der Waals surface area contributed by atoms with Crippen molar-refractivity contribution in [2.45, 2.75) is 70.5 Å². The molecule has 0 amide bonds.